The second kappa shape index (κ2) is 6.98. The largest absolute Gasteiger partial charge is 0.395 e. The molecule has 5 rings (SSSR count). The monoisotopic (exact) mass is 456 g/mol. The van der Waals surface area contributed by atoms with Crippen LogP contribution in [0.1, 0.15) is 99.8 Å². The number of aliphatic hydroxyl groups excluding tert-OH is 3. The molecule has 0 aromatic rings. The highest BCUT2D eigenvalue weighted by atomic mass is 16.3. The normalized spacial score (nSPS) is 52.4. The van der Waals surface area contributed by atoms with E-state index in [1.54, 1.807) is 0 Å². The first-order valence-corrected chi connectivity index (χ1v) is 13.6. The van der Waals surface area contributed by atoms with Crippen LogP contribution >= 0.6 is 0 Å². The van der Waals surface area contributed by atoms with Crippen LogP contribution < -0.4 is 0 Å². The molecule has 3 saturated carbocycles. The molecule has 3 heteroatoms. The van der Waals surface area contributed by atoms with Gasteiger partial charge in [0.1, 0.15) is 0 Å². The van der Waals surface area contributed by atoms with E-state index in [-0.39, 0.29) is 39.8 Å². The standard InChI is InChI=1S/C30H48O3/c1-25(2)14-15-30(18-31)20(16-25)19-8-9-22-27(5)12-11-23(32)26(3,4)21(27)10-13-28(22,6)29(19,7)17-24(30)33/h8-9,21-24,31-33H,10-18H2,1-7H3/t21?,22?,23?,24?,27?,28?,29-,30?/m1/s1. The van der Waals surface area contributed by atoms with Gasteiger partial charge in [-0.1, -0.05) is 66.2 Å². The maximum atomic E-state index is 11.7. The number of hydrogen-bond donors (Lipinski definition) is 3. The average molecular weight is 457 g/mol. The molecule has 0 aromatic heterocycles. The van der Waals surface area contributed by atoms with Gasteiger partial charge in [-0.2, -0.15) is 0 Å². The van der Waals surface area contributed by atoms with Crippen LogP contribution in [-0.2, 0) is 0 Å². The summed E-state index contributed by atoms with van der Waals surface area (Å²) in [6.07, 6.45) is 12.2. The molecule has 0 bridgehead atoms. The minimum atomic E-state index is -0.485. The van der Waals surface area contributed by atoms with Gasteiger partial charge in [-0.25, -0.2) is 0 Å². The second-order valence-electron chi connectivity index (χ2n) is 14.8. The van der Waals surface area contributed by atoms with Crippen LogP contribution in [0.4, 0.5) is 0 Å². The van der Waals surface area contributed by atoms with Gasteiger partial charge in [0.25, 0.3) is 0 Å². The molecule has 8 atom stereocenters. The molecule has 3 fully saturated rings. The van der Waals surface area contributed by atoms with Gasteiger partial charge < -0.3 is 15.3 Å². The first kappa shape index (κ1) is 24.1. The zero-order valence-electron chi connectivity index (χ0n) is 22.2. The third kappa shape index (κ3) is 2.85. The highest BCUT2D eigenvalue weighted by Gasteiger charge is 2.67. The van der Waals surface area contributed by atoms with Crippen molar-refractivity contribution >= 4 is 0 Å². The van der Waals surface area contributed by atoms with Crippen LogP contribution in [0.5, 0.6) is 0 Å². The Hall–Kier alpha value is -0.640. The van der Waals surface area contributed by atoms with Gasteiger partial charge in [-0.3, -0.25) is 0 Å². The average Bonchev–Trinajstić information content (AvgIpc) is 2.71. The molecule has 0 saturated heterocycles. The van der Waals surface area contributed by atoms with E-state index < -0.39 is 11.5 Å². The molecule has 0 radical (unpaired) electrons. The van der Waals surface area contributed by atoms with Crippen molar-refractivity contribution in [3.63, 3.8) is 0 Å². The Kier molecular flexibility index (Phi) is 5.09. The zero-order valence-corrected chi connectivity index (χ0v) is 22.2. The lowest BCUT2D eigenvalue weighted by atomic mass is 9.35. The smallest absolute Gasteiger partial charge is 0.0664 e. The fourth-order valence-corrected chi connectivity index (χ4v) is 10.0. The van der Waals surface area contributed by atoms with Crippen molar-refractivity contribution in [2.45, 2.75) is 112 Å². The van der Waals surface area contributed by atoms with Gasteiger partial charge in [-0.15, -0.1) is 0 Å². The summed E-state index contributed by atoms with van der Waals surface area (Å²) in [6, 6.07) is 0. The topological polar surface area (TPSA) is 60.7 Å². The molecular weight excluding hydrogens is 408 g/mol. The molecule has 0 amide bonds. The molecule has 33 heavy (non-hydrogen) atoms. The van der Waals surface area contributed by atoms with Crippen LogP contribution in [0.25, 0.3) is 0 Å². The van der Waals surface area contributed by atoms with E-state index in [1.165, 1.54) is 11.1 Å². The molecule has 5 aliphatic rings. The molecule has 3 nitrogen and oxygen atoms in total. The van der Waals surface area contributed by atoms with Crippen molar-refractivity contribution in [1.29, 1.82) is 0 Å². The Labute approximate surface area is 201 Å². The lowest BCUT2D eigenvalue weighted by Crippen LogP contribution is -2.64. The maximum Gasteiger partial charge on any atom is 0.0664 e. The second-order valence-corrected chi connectivity index (χ2v) is 14.8. The molecular formula is C30H48O3. The van der Waals surface area contributed by atoms with E-state index in [2.05, 4.69) is 60.6 Å². The van der Waals surface area contributed by atoms with Gasteiger partial charge in [0.15, 0.2) is 0 Å². The van der Waals surface area contributed by atoms with Crippen molar-refractivity contribution < 1.29 is 15.3 Å². The van der Waals surface area contributed by atoms with Crippen molar-refractivity contribution in [3.8, 4) is 0 Å². The van der Waals surface area contributed by atoms with Gasteiger partial charge in [-0.05, 0) is 90.4 Å². The summed E-state index contributed by atoms with van der Waals surface area (Å²) in [4.78, 5) is 0. The number of rotatable bonds is 1. The Morgan fingerprint density at radius 3 is 2.24 bits per heavy atom. The van der Waals surface area contributed by atoms with E-state index in [4.69, 9.17) is 0 Å². The van der Waals surface area contributed by atoms with Crippen molar-refractivity contribution in [3.05, 3.63) is 23.3 Å². The van der Waals surface area contributed by atoms with Crippen molar-refractivity contribution in [1.82, 2.24) is 0 Å². The summed E-state index contributed by atoms with van der Waals surface area (Å²) in [6.45, 7) is 16.8. The number of allylic oxidation sites excluding steroid dienone is 3. The summed E-state index contributed by atoms with van der Waals surface area (Å²) >= 11 is 0. The summed E-state index contributed by atoms with van der Waals surface area (Å²) in [5.41, 5.74) is 2.60. The molecule has 0 heterocycles. The predicted octanol–water partition coefficient (Wildman–Crippen LogP) is 6.03. The number of fused-ring (bicyclic) bond motifs is 6. The van der Waals surface area contributed by atoms with Gasteiger partial charge in [0.05, 0.1) is 18.8 Å². The molecule has 0 spiro atoms. The van der Waals surface area contributed by atoms with Crippen LogP contribution in [0.2, 0.25) is 0 Å². The highest BCUT2D eigenvalue weighted by Crippen LogP contribution is 2.74. The Bertz CT molecular complexity index is 898. The van der Waals surface area contributed by atoms with E-state index >= 15 is 0 Å². The fraction of sp³-hybridized carbons (Fsp3) is 0.867. The van der Waals surface area contributed by atoms with E-state index in [0.29, 0.717) is 11.8 Å². The molecule has 186 valence electrons. The number of hydrogen-bond acceptors (Lipinski definition) is 3. The van der Waals surface area contributed by atoms with Crippen molar-refractivity contribution in [2.24, 2.45) is 44.3 Å². The maximum absolute atomic E-state index is 11.7. The Morgan fingerprint density at radius 1 is 0.879 bits per heavy atom. The summed E-state index contributed by atoms with van der Waals surface area (Å²) < 4.78 is 0. The first-order valence-electron chi connectivity index (χ1n) is 13.6. The van der Waals surface area contributed by atoms with Gasteiger partial charge in [0.2, 0.25) is 0 Å². The van der Waals surface area contributed by atoms with Crippen molar-refractivity contribution in [2.75, 3.05) is 6.61 Å². The quantitative estimate of drug-likeness (QED) is 0.451. The van der Waals surface area contributed by atoms with E-state index in [9.17, 15) is 15.3 Å². The van der Waals surface area contributed by atoms with Crippen LogP contribution in [0, 0.1) is 44.3 Å². The minimum absolute atomic E-state index is 0.0546. The van der Waals surface area contributed by atoms with E-state index in [0.717, 1.165) is 51.4 Å². The molecule has 0 aliphatic heterocycles. The van der Waals surface area contributed by atoms with Crippen LogP contribution in [0.15, 0.2) is 23.3 Å². The van der Waals surface area contributed by atoms with Gasteiger partial charge in [0, 0.05) is 10.8 Å². The van der Waals surface area contributed by atoms with Crippen LogP contribution in [-0.4, -0.2) is 34.1 Å². The predicted molar refractivity (Wildman–Crippen MR) is 133 cm³/mol. The Balaban J connectivity index is 1.68. The summed E-state index contributed by atoms with van der Waals surface area (Å²) in [7, 11) is 0. The molecule has 3 N–H and O–H groups in total. The SMILES string of the molecule is CC1(C)CCC2(CO)C(=C3C=CC4C5(C)CCC(O)C(C)(C)C5CCC4(C)[C@]3(C)CC2O)C1. The Morgan fingerprint density at radius 2 is 1.58 bits per heavy atom. The third-order valence-corrected chi connectivity index (χ3v) is 12.5. The lowest BCUT2D eigenvalue weighted by Gasteiger charge is -2.70. The fourth-order valence-electron chi connectivity index (χ4n) is 10.0. The first-order chi connectivity index (χ1) is 15.2. The lowest BCUT2D eigenvalue weighted by molar-refractivity contribution is -0.189. The number of aliphatic hydroxyl groups is 3. The summed E-state index contributed by atoms with van der Waals surface area (Å²) in [5, 5.41) is 33.2. The van der Waals surface area contributed by atoms with Gasteiger partial charge >= 0.3 is 0 Å². The zero-order chi connectivity index (χ0) is 24.2. The molecule has 0 aromatic carbocycles. The molecule has 5 aliphatic carbocycles. The third-order valence-electron chi connectivity index (χ3n) is 12.5. The van der Waals surface area contributed by atoms with E-state index in [1.807, 2.05) is 0 Å². The summed E-state index contributed by atoms with van der Waals surface area (Å²) in [5.74, 6) is 0.947. The highest BCUT2D eigenvalue weighted by molar-refractivity contribution is 5.47. The van der Waals surface area contributed by atoms with Crippen LogP contribution in [0.3, 0.4) is 0 Å². The minimum Gasteiger partial charge on any atom is -0.395 e. The molecule has 7 unspecified atom stereocenters.